The quantitative estimate of drug-likeness (QED) is 0.569. The van der Waals surface area contributed by atoms with Crippen LogP contribution in [0.15, 0.2) is 12.1 Å². The van der Waals surface area contributed by atoms with Crippen LogP contribution in [0.2, 0.25) is 5.15 Å². The van der Waals surface area contributed by atoms with Gasteiger partial charge in [-0.05, 0) is 12.1 Å². The Bertz CT molecular complexity index is 357. The van der Waals surface area contributed by atoms with Crippen LogP contribution in [0, 0.1) is 0 Å². The second-order valence-electron chi connectivity index (χ2n) is 2.36. The first kappa shape index (κ1) is 10.8. The van der Waals surface area contributed by atoms with Crippen molar-refractivity contribution in [2.75, 3.05) is 7.11 Å². The van der Waals surface area contributed by atoms with E-state index in [1.54, 1.807) is 0 Å². The topological polar surface area (TPSA) is 39.2 Å². The number of alkyl halides is 2. The Morgan fingerprint density at radius 1 is 1.57 bits per heavy atom. The summed E-state index contributed by atoms with van der Waals surface area (Å²) in [6, 6.07) is 2.41. The van der Waals surface area contributed by atoms with Crippen LogP contribution in [0.25, 0.3) is 0 Å². The van der Waals surface area contributed by atoms with E-state index in [2.05, 4.69) is 9.72 Å². The number of esters is 1. The summed E-state index contributed by atoms with van der Waals surface area (Å²) in [5.41, 5.74) is -0.934. The molecule has 0 aliphatic heterocycles. The number of nitrogens with zero attached hydrogens (tertiary/aromatic N) is 1. The molecular weight excluding hydrogens is 216 g/mol. The van der Waals surface area contributed by atoms with Gasteiger partial charge >= 0.3 is 5.97 Å². The van der Waals surface area contributed by atoms with Crippen molar-refractivity contribution in [2.45, 2.75) is 6.43 Å². The second kappa shape index (κ2) is 4.32. The monoisotopic (exact) mass is 221 g/mol. The maximum Gasteiger partial charge on any atom is 0.339 e. The van der Waals surface area contributed by atoms with Gasteiger partial charge in [0.25, 0.3) is 6.43 Å². The van der Waals surface area contributed by atoms with Crippen molar-refractivity contribution in [2.24, 2.45) is 0 Å². The lowest BCUT2D eigenvalue weighted by Crippen LogP contribution is -2.08. The maximum absolute atomic E-state index is 12.4. The Labute approximate surface area is 83.7 Å². The highest BCUT2D eigenvalue weighted by Crippen LogP contribution is 2.23. The Morgan fingerprint density at radius 2 is 2.21 bits per heavy atom. The fraction of sp³-hybridized carbons (Fsp3) is 0.250. The average molecular weight is 222 g/mol. The molecule has 1 heterocycles. The molecule has 76 valence electrons. The molecule has 14 heavy (non-hydrogen) atoms. The summed E-state index contributed by atoms with van der Waals surface area (Å²) >= 11 is 5.41. The zero-order valence-corrected chi connectivity index (χ0v) is 7.89. The van der Waals surface area contributed by atoms with Crippen LogP contribution in [0.3, 0.4) is 0 Å². The molecule has 0 atom stereocenters. The van der Waals surface area contributed by atoms with Crippen molar-refractivity contribution in [3.05, 3.63) is 28.5 Å². The molecule has 0 spiro atoms. The van der Waals surface area contributed by atoms with Gasteiger partial charge in [-0.3, -0.25) is 0 Å². The lowest BCUT2D eigenvalue weighted by atomic mass is 10.2. The number of halogens is 3. The summed E-state index contributed by atoms with van der Waals surface area (Å²) in [6.45, 7) is 0. The van der Waals surface area contributed by atoms with Crippen LogP contribution in [-0.2, 0) is 4.74 Å². The van der Waals surface area contributed by atoms with Gasteiger partial charge in [0.05, 0.1) is 12.7 Å². The molecule has 6 heteroatoms. The first-order valence-corrected chi connectivity index (χ1v) is 3.97. The summed E-state index contributed by atoms with van der Waals surface area (Å²) in [4.78, 5) is 14.4. The van der Waals surface area contributed by atoms with Crippen molar-refractivity contribution in [1.29, 1.82) is 0 Å². The third-order valence-corrected chi connectivity index (χ3v) is 1.71. The van der Waals surface area contributed by atoms with Gasteiger partial charge in [0, 0.05) is 0 Å². The number of aromatic nitrogens is 1. The molecule has 0 amide bonds. The van der Waals surface area contributed by atoms with Crippen LogP contribution >= 0.6 is 11.6 Å². The highest BCUT2D eigenvalue weighted by atomic mass is 35.5. The van der Waals surface area contributed by atoms with E-state index in [1.165, 1.54) is 6.07 Å². The first-order valence-electron chi connectivity index (χ1n) is 3.59. The zero-order chi connectivity index (χ0) is 10.7. The van der Waals surface area contributed by atoms with Gasteiger partial charge in [-0.1, -0.05) is 11.6 Å². The summed E-state index contributed by atoms with van der Waals surface area (Å²) in [7, 11) is 1.10. The molecule has 0 saturated carbocycles. The normalized spacial score (nSPS) is 10.4. The Hall–Kier alpha value is -1.23. The van der Waals surface area contributed by atoms with Gasteiger partial charge in [-0.2, -0.15) is 0 Å². The zero-order valence-electron chi connectivity index (χ0n) is 7.13. The number of carbonyl (C=O) groups is 1. The van der Waals surface area contributed by atoms with Gasteiger partial charge in [-0.15, -0.1) is 0 Å². The van der Waals surface area contributed by atoms with E-state index in [1.807, 2.05) is 0 Å². The van der Waals surface area contributed by atoms with Gasteiger partial charge in [0.15, 0.2) is 0 Å². The van der Waals surface area contributed by atoms with Gasteiger partial charge in [0.1, 0.15) is 10.8 Å². The second-order valence-corrected chi connectivity index (χ2v) is 2.75. The number of rotatable bonds is 2. The van der Waals surface area contributed by atoms with Gasteiger partial charge in [-0.25, -0.2) is 18.6 Å². The van der Waals surface area contributed by atoms with E-state index in [9.17, 15) is 13.6 Å². The molecular formula is C8H6ClF2NO2. The molecule has 0 aromatic carbocycles. The van der Waals surface area contributed by atoms with Crippen molar-refractivity contribution in [1.82, 2.24) is 4.98 Å². The molecule has 1 aromatic rings. The number of methoxy groups -OCH3 is 1. The molecule has 0 N–H and O–H groups in total. The minimum Gasteiger partial charge on any atom is -0.465 e. The molecule has 1 aromatic heterocycles. The van der Waals surface area contributed by atoms with Crippen LogP contribution in [-0.4, -0.2) is 18.1 Å². The Balaban J connectivity index is 3.21. The minimum atomic E-state index is -2.86. The molecule has 0 aliphatic rings. The predicted molar refractivity (Wildman–Crippen MR) is 45.5 cm³/mol. The number of hydrogen-bond acceptors (Lipinski definition) is 3. The molecule has 0 saturated heterocycles. The highest BCUT2D eigenvalue weighted by Gasteiger charge is 2.20. The third-order valence-electron chi connectivity index (χ3n) is 1.50. The fourth-order valence-corrected chi connectivity index (χ4v) is 1.05. The minimum absolute atomic E-state index is 0.0899. The molecule has 0 unspecified atom stereocenters. The molecule has 0 aliphatic carbocycles. The SMILES string of the molecule is COC(=O)c1ccc(Cl)nc1C(F)F. The number of ether oxygens (including phenoxy) is 1. The van der Waals surface area contributed by atoms with Crippen LogP contribution in [0.1, 0.15) is 22.5 Å². The summed E-state index contributed by atoms with van der Waals surface area (Å²) in [5, 5.41) is -0.0899. The number of hydrogen-bond donors (Lipinski definition) is 0. The Kier molecular flexibility index (Phi) is 3.35. The van der Waals surface area contributed by atoms with Crippen molar-refractivity contribution < 1.29 is 18.3 Å². The molecule has 1 rings (SSSR count). The summed E-state index contributed by atoms with van der Waals surface area (Å²) in [5.74, 6) is -0.857. The average Bonchev–Trinajstić information content (AvgIpc) is 2.16. The predicted octanol–water partition coefficient (Wildman–Crippen LogP) is 2.46. The number of pyridine rings is 1. The lowest BCUT2D eigenvalue weighted by molar-refractivity contribution is 0.0587. The van der Waals surface area contributed by atoms with Crippen molar-refractivity contribution >= 4 is 17.6 Å². The number of carbonyl (C=O) groups excluding carboxylic acids is 1. The van der Waals surface area contributed by atoms with E-state index in [0.29, 0.717) is 0 Å². The van der Waals surface area contributed by atoms with Crippen molar-refractivity contribution in [3.63, 3.8) is 0 Å². The standard InChI is InChI=1S/C8H6ClF2NO2/c1-14-8(13)4-2-3-5(9)12-6(4)7(10)11/h2-3,7H,1H3. The smallest absolute Gasteiger partial charge is 0.339 e. The maximum atomic E-state index is 12.4. The largest absolute Gasteiger partial charge is 0.465 e. The fourth-order valence-electron chi connectivity index (χ4n) is 0.899. The summed E-state index contributed by atoms with van der Waals surface area (Å²) in [6.07, 6.45) is -2.86. The van der Waals surface area contributed by atoms with Crippen molar-refractivity contribution in [3.8, 4) is 0 Å². The lowest BCUT2D eigenvalue weighted by Gasteiger charge is -2.05. The third kappa shape index (κ3) is 2.17. The highest BCUT2D eigenvalue weighted by molar-refractivity contribution is 6.29. The molecule has 0 bridgehead atoms. The van der Waals surface area contributed by atoms with Gasteiger partial charge in [0.2, 0.25) is 0 Å². The Morgan fingerprint density at radius 3 is 2.71 bits per heavy atom. The molecule has 0 radical (unpaired) electrons. The summed E-state index contributed by atoms with van der Waals surface area (Å²) < 4.78 is 29.1. The van der Waals surface area contributed by atoms with E-state index >= 15 is 0 Å². The first-order chi connectivity index (χ1) is 6.56. The van der Waals surface area contributed by atoms with Crippen LogP contribution < -0.4 is 0 Å². The van der Waals surface area contributed by atoms with Crippen LogP contribution in [0.5, 0.6) is 0 Å². The molecule has 0 fully saturated rings. The van der Waals surface area contributed by atoms with Crippen LogP contribution in [0.4, 0.5) is 8.78 Å². The van der Waals surface area contributed by atoms with E-state index in [4.69, 9.17) is 11.6 Å². The van der Waals surface area contributed by atoms with Gasteiger partial charge < -0.3 is 4.74 Å². The van der Waals surface area contributed by atoms with E-state index in [-0.39, 0.29) is 10.7 Å². The molecule has 3 nitrogen and oxygen atoms in total. The van der Waals surface area contributed by atoms with E-state index < -0.39 is 18.1 Å². The van der Waals surface area contributed by atoms with E-state index in [0.717, 1.165) is 13.2 Å².